The Balaban J connectivity index is 1.28. The Morgan fingerprint density at radius 1 is 1.06 bits per heavy atom. The molecule has 2 aliphatic heterocycles. The number of amides is 3. The molecular formula is C32H34N6O8S2. The number of allylic oxidation sites excluding steroid dienone is 2. The first-order valence-corrected chi connectivity index (χ1v) is 18.4. The monoisotopic (exact) mass is 694 g/mol. The van der Waals surface area contributed by atoms with Crippen LogP contribution in [0.1, 0.15) is 64.2 Å². The summed E-state index contributed by atoms with van der Waals surface area (Å²) < 4.78 is 35.0. The first-order chi connectivity index (χ1) is 23.1. The van der Waals surface area contributed by atoms with Gasteiger partial charge in [0.05, 0.1) is 39.0 Å². The summed E-state index contributed by atoms with van der Waals surface area (Å²) in [4.78, 5) is 67.7. The van der Waals surface area contributed by atoms with E-state index >= 15 is 0 Å². The number of aliphatic imine (C=N–C) groups is 1. The van der Waals surface area contributed by atoms with Gasteiger partial charge in [0.1, 0.15) is 5.52 Å². The van der Waals surface area contributed by atoms with Crippen molar-refractivity contribution in [3.8, 4) is 5.88 Å². The zero-order valence-electron chi connectivity index (χ0n) is 25.8. The number of nitrogens with one attached hydrogen (secondary N) is 2. The summed E-state index contributed by atoms with van der Waals surface area (Å²) in [7, 11) is -3.89. The van der Waals surface area contributed by atoms with Crippen LogP contribution in [-0.2, 0) is 24.4 Å². The van der Waals surface area contributed by atoms with E-state index in [1.807, 2.05) is 24.3 Å². The minimum absolute atomic E-state index is 0.0600. The van der Waals surface area contributed by atoms with Gasteiger partial charge in [0.15, 0.2) is 12.0 Å². The molecule has 0 spiro atoms. The van der Waals surface area contributed by atoms with Crippen LogP contribution in [0.2, 0.25) is 0 Å². The number of para-hydroxylation sites is 1. The Hall–Kier alpha value is -4.44. The number of hydrogen-bond donors (Lipinski definition) is 3. The molecule has 3 amide bonds. The van der Waals surface area contributed by atoms with Gasteiger partial charge in [0.2, 0.25) is 27.7 Å². The average Bonchev–Trinajstić information content (AvgIpc) is 3.96. The number of thiazole rings is 1. The Kier molecular flexibility index (Phi) is 8.62. The van der Waals surface area contributed by atoms with Crippen LogP contribution in [0.4, 0.5) is 4.79 Å². The molecule has 14 nitrogen and oxygen atoms in total. The smallest absolute Gasteiger partial charge is 0.405 e. The van der Waals surface area contributed by atoms with Crippen molar-refractivity contribution < 1.29 is 37.4 Å². The van der Waals surface area contributed by atoms with Crippen LogP contribution in [0.5, 0.6) is 5.88 Å². The number of nitrogens with zero attached hydrogens (tertiary/aromatic N) is 4. The largest absolute Gasteiger partial charge is 0.465 e. The summed E-state index contributed by atoms with van der Waals surface area (Å²) in [5.74, 6) is -2.62. The quantitative estimate of drug-likeness (QED) is 0.342. The molecule has 4 heterocycles. The maximum absolute atomic E-state index is 13.9. The number of carbonyl (C=O) groups is 4. The number of hydrogen-bond acceptors (Lipinski definition) is 11. The molecule has 4 aliphatic rings. The van der Waals surface area contributed by atoms with Gasteiger partial charge in [-0.05, 0) is 43.7 Å². The van der Waals surface area contributed by atoms with Crippen molar-refractivity contribution in [1.82, 2.24) is 24.9 Å². The lowest BCUT2D eigenvalue weighted by molar-refractivity contribution is -0.137. The summed E-state index contributed by atoms with van der Waals surface area (Å²) in [5, 5.41) is 12.0. The SMILES string of the molecule is O=C(O)N[C@H]1CCCCC2=C(C2)/N=C\[C@@H]2[C@@H](C(=O)NS(=O)(=O)C3CC3)CC(=O)N2[C@H](Oc2nc3ccccc3c3scnc23)CCC1=O. The summed E-state index contributed by atoms with van der Waals surface area (Å²) in [6.07, 6.45) is 2.51. The molecule has 4 atom stereocenters. The molecule has 1 aromatic carbocycles. The van der Waals surface area contributed by atoms with Crippen LogP contribution in [0.3, 0.4) is 0 Å². The normalized spacial score (nSPS) is 26.0. The third-order valence-corrected chi connectivity index (χ3v) is 11.9. The number of sulfonamides is 1. The van der Waals surface area contributed by atoms with E-state index in [1.54, 1.807) is 5.51 Å². The number of carbonyl (C=O) groups excluding carboxylic acids is 3. The van der Waals surface area contributed by atoms with E-state index in [-0.39, 0.29) is 30.9 Å². The highest BCUT2D eigenvalue weighted by Gasteiger charge is 2.49. The van der Waals surface area contributed by atoms with E-state index in [9.17, 15) is 32.7 Å². The molecule has 0 unspecified atom stereocenters. The third kappa shape index (κ3) is 6.63. The highest BCUT2D eigenvalue weighted by Crippen LogP contribution is 2.39. The number of benzene rings is 1. The van der Waals surface area contributed by atoms with Crippen molar-refractivity contribution in [3.63, 3.8) is 0 Å². The molecule has 48 heavy (non-hydrogen) atoms. The van der Waals surface area contributed by atoms with Crippen molar-refractivity contribution in [2.24, 2.45) is 10.9 Å². The van der Waals surface area contributed by atoms with Crippen molar-refractivity contribution in [2.45, 2.75) is 87.8 Å². The molecule has 1 saturated carbocycles. The predicted octanol–water partition coefficient (Wildman–Crippen LogP) is 3.66. The van der Waals surface area contributed by atoms with E-state index in [0.717, 1.165) is 34.2 Å². The lowest BCUT2D eigenvalue weighted by Crippen LogP contribution is -2.50. The topological polar surface area (TPSA) is 197 Å². The Morgan fingerprint density at radius 3 is 2.67 bits per heavy atom. The molecule has 7 rings (SSSR count). The van der Waals surface area contributed by atoms with Crippen LogP contribution in [0.25, 0.3) is 21.1 Å². The highest BCUT2D eigenvalue weighted by atomic mass is 32.2. The van der Waals surface area contributed by atoms with E-state index in [1.165, 1.54) is 22.5 Å². The summed E-state index contributed by atoms with van der Waals surface area (Å²) in [6.45, 7) is 0. The zero-order chi connectivity index (χ0) is 33.6. The van der Waals surface area contributed by atoms with Gasteiger partial charge in [0.25, 0.3) is 0 Å². The second kappa shape index (κ2) is 12.9. The van der Waals surface area contributed by atoms with Crippen LogP contribution in [-0.4, -0.2) is 81.9 Å². The van der Waals surface area contributed by atoms with E-state index < -0.39 is 57.4 Å². The second-order valence-corrected chi connectivity index (χ2v) is 15.4. The Morgan fingerprint density at radius 2 is 1.88 bits per heavy atom. The van der Waals surface area contributed by atoms with Crippen LogP contribution in [0.15, 0.2) is 46.0 Å². The first-order valence-electron chi connectivity index (χ1n) is 16.0. The van der Waals surface area contributed by atoms with Gasteiger partial charge in [-0.2, -0.15) is 0 Å². The van der Waals surface area contributed by atoms with Gasteiger partial charge < -0.3 is 15.2 Å². The molecule has 1 saturated heterocycles. The Bertz CT molecular complexity index is 1990. The van der Waals surface area contributed by atoms with Gasteiger partial charge >= 0.3 is 6.09 Å². The van der Waals surface area contributed by atoms with Gasteiger partial charge in [0, 0.05) is 43.0 Å². The summed E-state index contributed by atoms with van der Waals surface area (Å²) in [6, 6.07) is 5.52. The maximum atomic E-state index is 13.9. The van der Waals surface area contributed by atoms with Crippen LogP contribution >= 0.6 is 11.3 Å². The predicted molar refractivity (Wildman–Crippen MR) is 176 cm³/mol. The molecule has 0 bridgehead atoms. The molecule has 2 aliphatic carbocycles. The minimum Gasteiger partial charge on any atom is -0.465 e. The molecule has 3 N–H and O–H groups in total. The highest BCUT2D eigenvalue weighted by molar-refractivity contribution is 7.90. The Labute approximate surface area is 279 Å². The molecule has 2 fully saturated rings. The van der Waals surface area contributed by atoms with Gasteiger partial charge in [-0.15, -0.1) is 11.3 Å². The lowest BCUT2D eigenvalue weighted by atomic mass is 9.99. The standard InChI is InChI=1S/C32H34N6O8S2/c39-25-11-12-27(46-31-28-29(47-16-34-28)19-6-2-4-7-21(19)35-31)38-24(20(14-26(38)40)30(41)37-48(44,45)18-9-10-18)15-33-23-13-17(23)5-1-3-8-22(25)36-32(42)43/h2,4,6-7,15-16,18,20,22,24,27,36H,1,3,5,8-14H2,(H,37,41)(H,42,43)/b33-15-/t20-,22-,24+,27+/m0/s1. The van der Waals surface area contributed by atoms with Crippen molar-refractivity contribution in [2.75, 3.05) is 0 Å². The number of aromatic nitrogens is 2. The fourth-order valence-electron chi connectivity index (χ4n) is 6.49. The zero-order valence-corrected chi connectivity index (χ0v) is 27.5. The minimum atomic E-state index is -3.89. The molecule has 0 radical (unpaired) electrons. The number of carboxylic acid groups (broad SMARTS) is 1. The van der Waals surface area contributed by atoms with Crippen molar-refractivity contribution >= 4 is 72.4 Å². The van der Waals surface area contributed by atoms with Gasteiger partial charge in [-0.1, -0.05) is 24.6 Å². The number of Topliss-reactive ketones (excluding diaryl/α,β-unsaturated/α-hetero) is 1. The number of fused-ring (bicyclic) bond motifs is 4. The number of ketones is 1. The van der Waals surface area contributed by atoms with Crippen molar-refractivity contribution in [1.29, 1.82) is 0 Å². The van der Waals surface area contributed by atoms with Gasteiger partial charge in [-0.25, -0.2) is 23.2 Å². The maximum Gasteiger partial charge on any atom is 0.405 e. The van der Waals surface area contributed by atoms with E-state index in [4.69, 9.17) is 9.72 Å². The van der Waals surface area contributed by atoms with Crippen LogP contribution in [0, 0.1) is 5.92 Å². The number of pyridine rings is 1. The number of rotatable bonds is 6. The molecule has 2 aromatic heterocycles. The molecule has 3 aromatic rings. The molecular weight excluding hydrogens is 661 g/mol. The molecule has 16 heteroatoms. The average molecular weight is 695 g/mol. The van der Waals surface area contributed by atoms with Crippen molar-refractivity contribution in [3.05, 3.63) is 41.0 Å². The summed E-state index contributed by atoms with van der Waals surface area (Å²) in [5.41, 5.74) is 4.67. The first kappa shape index (κ1) is 32.1. The summed E-state index contributed by atoms with van der Waals surface area (Å²) >= 11 is 1.40. The van der Waals surface area contributed by atoms with Crippen LogP contribution < -0.4 is 14.8 Å². The second-order valence-electron chi connectivity index (χ2n) is 12.6. The number of ether oxygens (including phenoxy) is 1. The van der Waals surface area contributed by atoms with Gasteiger partial charge in [-0.3, -0.25) is 29.0 Å². The third-order valence-electron chi connectivity index (χ3n) is 9.25. The fraction of sp³-hybridized carbons (Fsp3) is 0.469. The van der Waals surface area contributed by atoms with E-state index in [0.29, 0.717) is 43.1 Å². The fourth-order valence-corrected chi connectivity index (χ4v) is 8.66. The molecule has 252 valence electrons. The lowest BCUT2D eigenvalue weighted by Gasteiger charge is -2.33. The van der Waals surface area contributed by atoms with E-state index in [2.05, 4.69) is 20.0 Å².